The molecular formula is C11H23NO3Si. The zero-order valence-corrected chi connectivity index (χ0v) is 11.7. The van der Waals surface area contributed by atoms with Crippen molar-refractivity contribution in [3.63, 3.8) is 0 Å². The molecule has 4 nitrogen and oxygen atoms in total. The summed E-state index contributed by atoms with van der Waals surface area (Å²) in [6.45, 7) is 9.22. The lowest BCUT2D eigenvalue weighted by Crippen LogP contribution is -2.45. The molecule has 0 aromatic carbocycles. The average molecular weight is 245 g/mol. The number of hydrogen-bond acceptors (Lipinski definition) is 3. The number of amides is 1. The lowest BCUT2D eigenvalue weighted by molar-refractivity contribution is -0.138. The summed E-state index contributed by atoms with van der Waals surface area (Å²) >= 11 is 0. The highest BCUT2D eigenvalue weighted by atomic mass is 28.4. The van der Waals surface area contributed by atoms with Gasteiger partial charge in [0, 0.05) is 6.54 Å². The van der Waals surface area contributed by atoms with Crippen molar-refractivity contribution in [1.29, 1.82) is 0 Å². The van der Waals surface area contributed by atoms with Crippen LogP contribution in [-0.2, 0) is 9.53 Å². The van der Waals surface area contributed by atoms with Crippen LogP contribution in [0.15, 0.2) is 0 Å². The Morgan fingerprint density at radius 1 is 1.56 bits per heavy atom. The van der Waals surface area contributed by atoms with Crippen LogP contribution in [0.1, 0.15) is 26.7 Å². The Labute approximate surface area is 98.5 Å². The molecule has 1 unspecified atom stereocenters. The first-order valence-electron chi connectivity index (χ1n) is 5.86. The maximum atomic E-state index is 11.5. The van der Waals surface area contributed by atoms with Crippen molar-refractivity contribution in [2.75, 3.05) is 13.2 Å². The molecule has 1 atom stereocenters. The van der Waals surface area contributed by atoms with Crippen LogP contribution in [0.25, 0.3) is 0 Å². The van der Waals surface area contributed by atoms with Gasteiger partial charge >= 0.3 is 0 Å². The highest BCUT2D eigenvalue weighted by molar-refractivity contribution is 6.72. The summed E-state index contributed by atoms with van der Waals surface area (Å²) in [6, 6.07) is 0. The average Bonchev–Trinajstić information content (AvgIpc) is 2.15. The molecule has 2 N–H and O–H groups in total. The normalized spacial score (nSPS) is 23.1. The van der Waals surface area contributed by atoms with Crippen LogP contribution < -0.4 is 5.32 Å². The molecule has 94 valence electrons. The minimum Gasteiger partial charge on any atom is -0.432 e. The second-order valence-electron chi connectivity index (χ2n) is 5.63. The lowest BCUT2D eigenvalue weighted by Gasteiger charge is -2.36. The van der Waals surface area contributed by atoms with Crippen molar-refractivity contribution in [3.05, 3.63) is 0 Å². The standard InChI is InChI=1S/C11H23NO3Si/c1-11(2,16(3,4)14)6-5-9-10(13)12-7-8-15-9/h9,14H,5-8H2,1-4H3,(H,12,13). The fraction of sp³-hybridized carbons (Fsp3) is 0.909. The van der Waals surface area contributed by atoms with Crippen molar-refractivity contribution in [1.82, 2.24) is 5.32 Å². The van der Waals surface area contributed by atoms with Crippen LogP contribution in [0.4, 0.5) is 0 Å². The first-order chi connectivity index (χ1) is 7.24. The molecule has 1 fully saturated rings. The number of carbonyl (C=O) groups excluding carboxylic acids is 1. The Bertz CT molecular complexity index is 260. The van der Waals surface area contributed by atoms with Gasteiger partial charge in [0.2, 0.25) is 5.91 Å². The van der Waals surface area contributed by atoms with Gasteiger partial charge in [0.15, 0.2) is 8.32 Å². The molecule has 0 radical (unpaired) electrons. The van der Waals surface area contributed by atoms with Gasteiger partial charge in [0.1, 0.15) is 6.10 Å². The van der Waals surface area contributed by atoms with E-state index in [4.69, 9.17) is 4.74 Å². The fourth-order valence-electron chi connectivity index (χ4n) is 1.58. The van der Waals surface area contributed by atoms with Gasteiger partial charge in [-0.15, -0.1) is 0 Å². The van der Waals surface area contributed by atoms with Crippen LogP contribution in [0, 0.1) is 0 Å². The predicted octanol–water partition coefficient (Wildman–Crippen LogP) is 1.26. The summed E-state index contributed by atoms with van der Waals surface area (Å²) in [5.41, 5.74) is 0. The van der Waals surface area contributed by atoms with Gasteiger partial charge in [0.05, 0.1) is 6.61 Å². The summed E-state index contributed by atoms with van der Waals surface area (Å²) < 4.78 is 5.42. The van der Waals surface area contributed by atoms with Crippen molar-refractivity contribution >= 4 is 14.2 Å². The Morgan fingerprint density at radius 2 is 2.19 bits per heavy atom. The quantitative estimate of drug-likeness (QED) is 0.733. The van der Waals surface area contributed by atoms with Crippen LogP contribution in [0.5, 0.6) is 0 Å². The van der Waals surface area contributed by atoms with E-state index in [2.05, 4.69) is 19.2 Å². The topological polar surface area (TPSA) is 58.6 Å². The van der Waals surface area contributed by atoms with Crippen LogP contribution >= 0.6 is 0 Å². The molecule has 1 aliphatic heterocycles. The molecule has 1 heterocycles. The van der Waals surface area contributed by atoms with Gasteiger partial charge in [-0.05, 0) is 31.0 Å². The zero-order chi connectivity index (χ0) is 12.4. The maximum absolute atomic E-state index is 11.5. The zero-order valence-electron chi connectivity index (χ0n) is 10.7. The molecule has 0 aliphatic carbocycles. The Balaban J connectivity index is 2.47. The first-order valence-corrected chi connectivity index (χ1v) is 8.80. The molecule has 0 aromatic heterocycles. The van der Waals surface area contributed by atoms with Gasteiger partial charge in [-0.3, -0.25) is 4.79 Å². The van der Waals surface area contributed by atoms with Crippen LogP contribution in [0.2, 0.25) is 18.1 Å². The Morgan fingerprint density at radius 3 is 2.69 bits per heavy atom. The maximum Gasteiger partial charge on any atom is 0.249 e. The highest BCUT2D eigenvalue weighted by Crippen LogP contribution is 2.40. The van der Waals surface area contributed by atoms with Crippen molar-refractivity contribution < 1.29 is 14.3 Å². The first kappa shape index (κ1) is 13.7. The van der Waals surface area contributed by atoms with Crippen LogP contribution in [-0.4, -0.2) is 38.3 Å². The molecular weight excluding hydrogens is 222 g/mol. The molecule has 5 heteroatoms. The van der Waals surface area contributed by atoms with E-state index in [1.54, 1.807) is 0 Å². The molecule has 1 rings (SSSR count). The number of hydrogen-bond donors (Lipinski definition) is 2. The Kier molecular flexibility index (Phi) is 4.15. The van der Waals surface area contributed by atoms with Gasteiger partial charge in [-0.25, -0.2) is 0 Å². The summed E-state index contributed by atoms with van der Waals surface area (Å²) in [5.74, 6) is -0.0144. The lowest BCUT2D eigenvalue weighted by atomic mass is 10.0. The number of carbonyl (C=O) groups is 1. The third-order valence-electron chi connectivity index (χ3n) is 3.70. The molecule has 1 saturated heterocycles. The molecule has 0 bridgehead atoms. The van der Waals surface area contributed by atoms with E-state index in [-0.39, 0.29) is 17.0 Å². The van der Waals surface area contributed by atoms with E-state index in [0.29, 0.717) is 19.6 Å². The molecule has 0 saturated carbocycles. The fourth-order valence-corrected chi connectivity index (χ4v) is 2.33. The Hall–Kier alpha value is -0.393. The number of rotatable bonds is 4. The van der Waals surface area contributed by atoms with Crippen molar-refractivity contribution in [2.45, 2.75) is 50.9 Å². The van der Waals surface area contributed by atoms with E-state index in [1.807, 2.05) is 13.1 Å². The number of morpholine rings is 1. The third kappa shape index (κ3) is 3.30. The predicted molar refractivity (Wildman–Crippen MR) is 65.7 cm³/mol. The second kappa shape index (κ2) is 4.85. The molecule has 0 aromatic rings. The number of ether oxygens (including phenoxy) is 1. The van der Waals surface area contributed by atoms with E-state index in [0.717, 1.165) is 6.42 Å². The molecule has 0 spiro atoms. The minimum atomic E-state index is -2.18. The van der Waals surface area contributed by atoms with Gasteiger partial charge < -0.3 is 14.8 Å². The largest absolute Gasteiger partial charge is 0.432 e. The van der Waals surface area contributed by atoms with E-state index >= 15 is 0 Å². The van der Waals surface area contributed by atoms with E-state index < -0.39 is 8.32 Å². The second-order valence-corrected chi connectivity index (χ2v) is 10.1. The minimum absolute atomic E-state index is 0.0144. The molecule has 16 heavy (non-hydrogen) atoms. The third-order valence-corrected chi connectivity index (χ3v) is 7.26. The van der Waals surface area contributed by atoms with Gasteiger partial charge in [-0.1, -0.05) is 13.8 Å². The summed E-state index contributed by atoms with van der Waals surface area (Å²) in [5, 5.41) is 2.70. The highest BCUT2D eigenvalue weighted by Gasteiger charge is 2.38. The summed E-state index contributed by atoms with van der Waals surface area (Å²) in [6.07, 6.45) is 1.18. The molecule has 1 amide bonds. The van der Waals surface area contributed by atoms with Gasteiger partial charge in [0.25, 0.3) is 0 Å². The number of nitrogens with one attached hydrogen (secondary N) is 1. The van der Waals surface area contributed by atoms with Crippen LogP contribution in [0.3, 0.4) is 0 Å². The van der Waals surface area contributed by atoms with Crippen molar-refractivity contribution in [2.24, 2.45) is 0 Å². The van der Waals surface area contributed by atoms with Gasteiger partial charge in [-0.2, -0.15) is 0 Å². The smallest absolute Gasteiger partial charge is 0.249 e. The molecule has 1 aliphatic rings. The van der Waals surface area contributed by atoms with E-state index in [9.17, 15) is 9.59 Å². The SMILES string of the molecule is CC(C)(CCC1OCCNC1=O)[Si](C)(C)O. The van der Waals surface area contributed by atoms with E-state index in [1.165, 1.54) is 0 Å². The van der Waals surface area contributed by atoms with Crippen molar-refractivity contribution in [3.8, 4) is 0 Å². The monoisotopic (exact) mass is 245 g/mol. The summed E-state index contributed by atoms with van der Waals surface area (Å²) in [4.78, 5) is 21.6. The summed E-state index contributed by atoms with van der Waals surface area (Å²) in [7, 11) is -2.18.